The smallest absolute Gasteiger partial charge is 0.269 e. The number of aromatic nitrogens is 2. The SMILES string of the molecule is NC(=O)[C@@H]1CC=CC[C@H]1NC(=O)c1cc(-c2ccccc2O)n[nH]1. The summed E-state index contributed by atoms with van der Waals surface area (Å²) in [4.78, 5) is 23.9. The second-order valence-electron chi connectivity index (χ2n) is 5.72. The number of benzene rings is 1. The predicted molar refractivity (Wildman–Crippen MR) is 88.0 cm³/mol. The van der Waals surface area contributed by atoms with E-state index < -0.39 is 11.8 Å². The van der Waals surface area contributed by atoms with Crippen LogP contribution in [0, 0.1) is 5.92 Å². The van der Waals surface area contributed by atoms with Crippen molar-refractivity contribution in [2.45, 2.75) is 18.9 Å². The van der Waals surface area contributed by atoms with Crippen molar-refractivity contribution in [2.75, 3.05) is 0 Å². The number of nitrogens with zero attached hydrogens (tertiary/aromatic N) is 1. The van der Waals surface area contributed by atoms with E-state index in [4.69, 9.17) is 5.73 Å². The van der Waals surface area contributed by atoms with Crippen molar-refractivity contribution in [1.29, 1.82) is 0 Å². The van der Waals surface area contributed by atoms with Crippen LogP contribution in [0.15, 0.2) is 42.5 Å². The van der Waals surface area contributed by atoms with Gasteiger partial charge < -0.3 is 16.2 Å². The van der Waals surface area contributed by atoms with Gasteiger partial charge in [-0.25, -0.2) is 0 Å². The molecule has 0 unspecified atom stereocenters. The molecule has 1 aromatic carbocycles. The molecule has 0 saturated carbocycles. The number of aromatic amines is 1. The number of rotatable bonds is 4. The molecule has 0 aliphatic heterocycles. The summed E-state index contributed by atoms with van der Waals surface area (Å²) in [5.74, 6) is -1.12. The maximum Gasteiger partial charge on any atom is 0.269 e. The molecule has 1 aliphatic carbocycles. The zero-order valence-corrected chi connectivity index (χ0v) is 12.9. The number of amides is 2. The van der Waals surface area contributed by atoms with Gasteiger partial charge in [-0.1, -0.05) is 24.3 Å². The number of aromatic hydroxyl groups is 1. The third-order valence-corrected chi connectivity index (χ3v) is 4.12. The number of phenolic OH excluding ortho intramolecular Hbond substituents is 1. The van der Waals surface area contributed by atoms with E-state index >= 15 is 0 Å². The van der Waals surface area contributed by atoms with Crippen LogP contribution in [0.1, 0.15) is 23.3 Å². The minimum Gasteiger partial charge on any atom is -0.507 e. The number of phenols is 1. The fraction of sp³-hybridized carbons (Fsp3) is 0.235. The minimum absolute atomic E-state index is 0.0853. The molecule has 0 spiro atoms. The zero-order chi connectivity index (χ0) is 17.1. The second kappa shape index (κ2) is 6.57. The fourth-order valence-electron chi connectivity index (χ4n) is 2.80. The third kappa shape index (κ3) is 3.15. The van der Waals surface area contributed by atoms with E-state index in [0.717, 1.165) is 0 Å². The Labute approximate surface area is 138 Å². The molecule has 1 heterocycles. The van der Waals surface area contributed by atoms with Crippen LogP contribution < -0.4 is 11.1 Å². The second-order valence-corrected chi connectivity index (χ2v) is 5.72. The highest BCUT2D eigenvalue weighted by molar-refractivity contribution is 5.94. The summed E-state index contributed by atoms with van der Waals surface area (Å²) in [6, 6.07) is 7.96. The number of primary amides is 1. The first-order valence-corrected chi connectivity index (χ1v) is 7.65. The summed E-state index contributed by atoms with van der Waals surface area (Å²) in [5.41, 5.74) is 6.65. The summed E-state index contributed by atoms with van der Waals surface area (Å²) in [7, 11) is 0. The molecule has 0 bridgehead atoms. The maximum atomic E-state index is 12.4. The third-order valence-electron chi connectivity index (χ3n) is 4.12. The Kier molecular flexibility index (Phi) is 4.33. The molecule has 7 nitrogen and oxygen atoms in total. The van der Waals surface area contributed by atoms with Crippen LogP contribution in [-0.2, 0) is 4.79 Å². The molecule has 2 atom stereocenters. The largest absolute Gasteiger partial charge is 0.507 e. The van der Waals surface area contributed by atoms with Crippen molar-refractivity contribution >= 4 is 11.8 Å². The Bertz CT molecular complexity index is 797. The molecular weight excluding hydrogens is 308 g/mol. The van der Waals surface area contributed by atoms with Crippen molar-refractivity contribution in [2.24, 2.45) is 11.7 Å². The fourth-order valence-corrected chi connectivity index (χ4v) is 2.80. The van der Waals surface area contributed by atoms with E-state index in [2.05, 4.69) is 15.5 Å². The first kappa shape index (κ1) is 15.8. The molecule has 5 N–H and O–H groups in total. The quantitative estimate of drug-likeness (QED) is 0.633. The van der Waals surface area contributed by atoms with Gasteiger partial charge in [-0.2, -0.15) is 5.10 Å². The normalized spacial score (nSPS) is 19.8. The molecule has 1 aliphatic rings. The first-order valence-electron chi connectivity index (χ1n) is 7.65. The molecule has 0 fully saturated rings. The number of hydrogen-bond donors (Lipinski definition) is 4. The van der Waals surface area contributed by atoms with E-state index in [9.17, 15) is 14.7 Å². The Balaban J connectivity index is 1.76. The van der Waals surface area contributed by atoms with E-state index in [-0.39, 0.29) is 23.4 Å². The van der Waals surface area contributed by atoms with Gasteiger partial charge in [0.05, 0.1) is 11.6 Å². The predicted octanol–water partition coefficient (Wildman–Crippen LogP) is 1.33. The van der Waals surface area contributed by atoms with Crippen molar-refractivity contribution < 1.29 is 14.7 Å². The van der Waals surface area contributed by atoms with Crippen LogP contribution in [-0.4, -0.2) is 33.2 Å². The Hall–Kier alpha value is -3.09. The van der Waals surface area contributed by atoms with Gasteiger partial charge in [0.1, 0.15) is 11.4 Å². The number of carbonyl (C=O) groups is 2. The van der Waals surface area contributed by atoms with Crippen molar-refractivity contribution in [1.82, 2.24) is 15.5 Å². The standard InChI is InChI=1S/C17H18N4O3/c18-16(23)11-6-1-3-7-12(11)19-17(24)14-9-13(20-21-14)10-5-2-4-8-15(10)22/h1-5,8-9,11-12,22H,6-7H2,(H2,18,23)(H,19,24)(H,20,21)/t11-,12-/m1/s1. The summed E-state index contributed by atoms with van der Waals surface area (Å²) in [5, 5.41) is 19.4. The lowest BCUT2D eigenvalue weighted by Crippen LogP contribution is -2.46. The Morgan fingerprint density at radius 3 is 2.75 bits per heavy atom. The summed E-state index contributed by atoms with van der Waals surface area (Å²) >= 11 is 0. The van der Waals surface area contributed by atoms with Crippen LogP contribution in [0.3, 0.4) is 0 Å². The highest BCUT2D eigenvalue weighted by Gasteiger charge is 2.29. The van der Waals surface area contributed by atoms with E-state index in [0.29, 0.717) is 24.1 Å². The highest BCUT2D eigenvalue weighted by atomic mass is 16.3. The highest BCUT2D eigenvalue weighted by Crippen LogP contribution is 2.27. The van der Waals surface area contributed by atoms with Gasteiger partial charge in [-0.05, 0) is 31.0 Å². The van der Waals surface area contributed by atoms with E-state index in [1.54, 1.807) is 30.3 Å². The Morgan fingerprint density at radius 2 is 2.00 bits per heavy atom. The van der Waals surface area contributed by atoms with E-state index in [1.165, 1.54) is 0 Å². The molecule has 1 aromatic heterocycles. The van der Waals surface area contributed by atoms with Crippen LogP contribution in [0.2, 0.25) is 0 Å². The molecule has 124 valence electrons. The average molecular weight is 326 g/mol. The van der Waals surface area contributed by atoms with Crippen LogP contribution >= 0.6 is 0 Å². The van der Waals surface area contributed by atoms with Gasteiger partial charge in [0.15, 0.2) is 0 Å². The van der Waals surface area contributed by atoms with Crippen LogP contribution in [0.5, 0.6) is 5.75 Å². The number of H-pyrrole nitrogens is 1. The van der Waals surface area contributed by atoms with Gasteiger partial charge in [0.25, 0.3) is 5.91 Å². The lowest BCUT2D eigenvalue weighted by atomic mass is 9.88. The van der Waals surface area contributed by atoms with Crippen molar-refractivity contribution in [3.8, 4) is 17.0 Å². The molecular formula is C17H18N4O3. The van der Waals surface area contributed by atoms with Gasteiger partial charge in [0, 0.05) is 11.6 Å². The van der Waals surface area contributed by atoms with Crippen molar-refractivity contribution in [3.05, 3.63) is 48.2 Å². The summed E-state index contributed by atoms with van der Waals surface area (Å²) in [6.07, 6.45) is 4.89. The molecule has 24 heavy (non-hydrogen) atoms. The number of nitrogens with one attached hydrogen (secondary N) is 2. The maximum absolute atomic E-state index is 12.4. The summed E-state index contributed by atoms with van der Waals surface area (Å²) < 4.78 is 0. The van der Waals surface area contributed by atoms with Gasteiger partial charge in [0.2, 0.25) is 5.91 Å². The number of carbonyl (C=O) groups excluding carboxylic acids is 2. The number of nitrogens with two attached hydrogens (primary N) is 1. The van der Waals surface area contributed by atoms with E-state index in [1.807, 2.05) is 12.2 Å². The van der Waals surface area contributed by atoms with Gasteiger partial charge in [-0.3, -0.25) is 14.7 Å². The molecule has 0 radical (unpaired) electrons. The first-order chi connectivity index (χ1) is 11.6. The number of para-hydroxylation sites is 1. The van der Waals surface area contributed by atoms with Crippen LogP contribution in [0.4, 0.5) is 0 Å². The zero-order valence-electron chi connectivity index (χ0n) is 12.9. The lowest BCUT2D eigenvalue weighted by Gasteiger charge is -2.26. The molecule has 2 aromatic rings. The molecule has 2 amide bonds. The molecule has 3 rings (SSSR count). The average Bonchev–Trinajstić information content (AvgIpc) is 3.05. The monoisotopic (exact) mass is 326 g/mol. The van der Waals surface area contributed by atoms with Crippen LogP contribution in [0.25, 0.3) is 11.3 Å². The number of hydrogen-bond acceptors (Lipinski definition) is 4. The molecule has 7 heteroatoms. The number of allylic oxidation sites excluding steroid dienone is 1. The van der Waals surface area contributed by atoms with Gasteiger partial charge >= 0.3 is 0 Å². The van der Waals surface area contributed by atoms with Gasteiger partial charge in [-0.15, -0.1) is 0 Å². The van der Waals surface area contributed by atoms with Crippen molar-refractivity contribution in [3.63, 3.8) is 0 Å². The molecule has 0 saturated heterocycles. The minimum atomic E-state index is -0.427. The topological polar surface area (TPSA) is 121 Å². The Morgan fingerprint density at radius 1 is 1.25 bits per heavy atom. The summed E-state index contributed by atoms with van der Waals surface area (Å²) in [6.45, 7) is 0. The lowest BCUT2D eigenvalue weighted by molar-refractivity contribution is -0.122.